The average Bonchev–Trinajstić information content (AvgIpc) is 3.24. The minimum absolute atomic E-state index is 0.0385. The van der Waals surface area contributed by atoms with Crippen molar-refractivity contribution in [1.82, 2.24) is 19.7 Å². The predicted molar refractivity (Wildman–Crippen MR) is 113 cm³/mol. The molecule has 0 bridgehead atoms. The molecule has 0 saturated carbocycles. The standard InChI is InChI=1S/C19H16F3N7OS/c1-10-16-13(19(20,21)22)7-15(26-17(16)29(2)28-10)30-12-5-3-11(4-6-12)8-24-27-18-25-14(23)9-31-18/h3-9H,23H2,1-2H3,(H,25,27). The number of hydrogen-bond donors (Lipinski definition) is 2. The molecule has 160 valence electrons. The summed E-state index contributed by atoms with van der Waals surface area (Å²) < 4.78 is 47.6. The topological polar surface area (TPSA) is 103 Å². The second-order valence-electron chi connectivity index (χ2n) is 6.53. The highest BCUT2D eigenvalue weighted by molar-refractivity contribution is 7.14. The number of benzene rings is 1. The molecular weight excluding hydrogens is 431 g/mol. The first-order valence-corrected chi connectivity index (χ1v) is 9.78. The van der Waals surface area contributed by atoms with E-state index in [4.69, 9.17) is 10.5 Å². The fourth-order valence-electron chi connectivity index (χ4n) is 2.94. The maximum Gasteiger partial charge on any atom is 0.417 e. The molecule has 0 fully saturated rings. The summed E-state index contributed by atoms with van der Waals surface area (Å²) in [4.78, 5) is 8.21. The number of hydrogen-bond acceptors (Lipinski definition) is 8. The zero-order valence-electron chi connectivity index (χ0n) is 16.3. The summed E-state index contributed by atoms with van der Waals surface area (Å²) in [7, 11) is 1.54. The molecule has 3 N–H and O–H groups in total. The minimum Gasteiger partial charge on any atom is -0.439 e. The third kappa shape index (κ3) is 4.43. The molecule has 4 aromatic rings. The number of thiazole rings is 1. The Balaban J connectivity index is 1.54. The number of nitrogens with two attached hydrogens (primary N) is 1. The number of halogens is 3. The van der Waals surface area contributed by atoms with Gasteiger partial charge >= 0.3 is 6.18 Å². The van der Waals surface area contributed by atoms with Gasteiger partial charge in [0.2, 0.25) is 11.0 Å². The van der Waals surface area contributed by atoms with Crippen LogP contribution in [0.1, 0.15) is 16.8 Å². The molecule has 31 heavy (non-hydrogen) atoms. The highest BCUT2D eigenvalue weighted by atomic mass is 32.1. The van der Waals surface area contributed by atoms with Crippen molar-refractivity contribution >= 4 is 39.5 Å². The molecule has 0 unspecified atom stereocenters. The Labute approximate surface area is 178 Å². The van der Waals surface area contributed by atoms with Gasteiger partial charge in [-0.05, 0) is 36.8 Å². The number of rotatable bonds is 5. The smallest absolute Gasteiger partial charge is 0.417 e. The lowest BCUT2D eigenvalue weighted by atomic mass is 10.1. The number of anilines is 2. The van der Waals surface area contributed by atoms with Gasteiger partial charge in [0.25, 0.3) is 0 Å². The van der Waals surface area contributed by atoms with Crippen LogP contribution in [0.5, 0.6) is 11.6 Å². The van der Waals surface area contributed by atoms with Gasteiger partial charge in [-0.1, -0.05) is 0 Å². The van der Waals surface area contributed by atoms with Crippen LogP contribution in [0.2, 0.25) is 0 Å². The molecule has 12 heteroatoms. The summed E-state index contributed by atoms with van der Waals surface area (Å²) in [5, 5.41) is 10.3. The van der Waals surface area contributed by atoms with E-state index in [2.05, 4.69) is 25.6 Å². The second-order valence-corrected chi connectivity index (χ2v) is 7.39. The van der Waals surface area contributed by atoms with Crippen molar-refractivity contribution in [3.63, 3.8) is 0 Å². The molecular formula is C19H16F3N7OS. The lowest BCUT2D eigenvalue weighted by molar-refractivity contribution is -0.136. The Hall–Kier alpha value is -3.67. The van der Waals surface area contributed by atoms with Crippen molar-refractivity contribution in [3.05, 3.63) is 52.5 Å². The fraction of sp³-hybridized carbons (Fsp3) is 0.158. The first-order valence-electron chi connectivity index (χ1n) is 8.90. The van der Waals surface area contributed by atoms with Crippen molar-refractivity contribution in [2.45, 2.75) is 13.1 Å². The largest absolute Gasteiger partial charge is 0.439 e. The van der Waals surface area contributed by atoms with E-state index in [1.165, 1.54) is 30.0 Å². The lowest BCUT2D eigenvalue weighted by Gasteiger charge is -2.11. The van der Waals surface area contributed by atoms with E-state index in [0.29, 0.717) is 16.7 Å². The number of nitrogens with one attached hydrogen (secondary N) is 1. The van der Waals surface area contributed by atoms with E-state index >= 15 is 0 Å². The minimum atomic E-state index is -4.57. The number of aryl methyl sites for hydroxylation is 2. The van der Waals surface area contributed by atoms with Crippen molar-refractivity contribution in [2.24, 2.45) is 12.1 Å². The van der Waals surface area contributed by atoms with E-state index < -0.39 is 11.7 Å². The number of fused-ring (bicyclic) bond motifs is 1. The maximum atomic E-state index is 13.6. The van der Waals surface area contributed by atoms with Gasteiger partial charge in [0.05, 0.1) is 22.9 Å². The summed E-state index contributed by atoms with van der Waals surface area (Å²) >= 11 is 1.32. The highest BCUT2D eigenvalue weighted by Gasteiger charge is 2.35. The molecule has 0 atom stereocenters. The van der Waals surface area contributed by atoms with Crippen molar-refractivity contribution in [2.75, 3.05) is 11.2 Å². The Morgan fingerprint density at radius 2 is 1.97 bits per heavy atom. The van der Waals surface area contributed by atoms with Gasteiger partial charge in [0, 0.05) is 18.5 Å². The van der Waals surface area contributed by atoms with Gasteiger partial charge in [0.15, 0.2) is 5.65 Å². The predicted octanol–water partition coefficient (Wildman–Crippen LogP) is 4.57. The van der Waals surface area contributed by atoms with Crippen molar-refractivity contribution in [3.8, 4) is 11.6 Å². The quantitative estimate of drug-likeness (QED) is 0.343. The van der Waals surface area contributed by atoms with Crippen LogP contribution in [0.15, 0.2) is 40.8 Å². The number of aromatic nitrogens is 4. The number of hydrazone groups is 1. The van der Waals surface area contributed by atoms with Crippen LogP contribution in [-0.4, -0.2) is 26.0 Å². The Bertz CT molecular complexity index is 1260. The third-order valence-corrected chi connectivity index (χ3v) is 5.01. The monoisotopic (exact) mass is 447 g/mol. The van der Waals surface area contributed by atoms with Crippen LogP contribution < -0.4 is 15.9 Å². The lowest BCUT2D eigenvalue weighted by Crippen LogP contribution is -2.07. The molecule has 0 aliphatic rings. The number of nitrogen functional groups attached to an aromatic ring is 1. The summed E-state index contributed by atoms with van der Waals surface area (Å²) in [6, 6.07) is 7.51. The first kappa shape index (κ1) is 20.6. The molecule has 3 aromatic heterocycles. The molecule has 0 aliphatic heterocycles. The normalized spacial score (nSPS) is 12.0. The molecule has 3 heterocycles. The molecule has 4 rings (SSSR count). The maximum absolute atomic E-state index is 13.6. The third-order valence-electron chi connectivity index (χ3n) is 4.25. The summed E-state index contributed by atoms with van der Waals surface area (Å²) in [5.74, 6) is 0.565. The zero-order chi connectivity index (χ0) is 22.2. The first-order chi connectivity index (χ1) is 14.7. The van der Waals surface area contributed by atoms with Gasteiger partial charge in [-0.15, -0.1) is 11.3 Å². The van der Waals surface area contributed by atoms with Crippen molar-refractivity contribution < 1.29 is 17.9 Å². The van der Waals surface area contributed by atoms with Gasteiger partial charge in [-0.3, -0.25) is 10.1 Å². The second kappa shape index (κ2) is 7.87. The summed E-state index contributed by atoms with van der Waals surface area (Å²) in [6.07, 6.45) is -3.01. The number of ether oxygens (including phenoxy) is 1. The van der Waals surface area contributed by atoms with Gasteiger partial charge in [0.1, 0.15) is 11.6 Å². The van der Waals surface area contributed by atoms with Crippen LogP contribution in [0.25, 0.3) is 11.0 Å². The average molecular weight is 447 g/mol. The van der Waals surface area contributed by atoms with E-state index in [1.807, 2.05) is 0 Å². The zero-order valence-corrected chi connectivity index (χ0v) is 17.1. The Morgan fingerprint density at radius 1 is 1.23 bits per heavy atom. The molecule has 0 spiro atoms. The molecule has 0 radical (unpaired) electrons. The Morgan fingerprint density at radius 3 is 2.61 bits per heavy atom. The fourth-order valence-corrected chi connectivity index (χ4v) is 3.49. The van der Waals surface area contributed by atoms with Crippen molar-refractivity contribution in [1.29, 1.82) is 0 Å². The van der Waals surface area contributed by atoms with E-state index in [-0.39, 0.29) is 22.6 Å². The molecule has 0 aliphatic carbocycles. The van der Waals surface area contributed by atoms with Gasteiger partial charge < -0.3 is 10.5 Å². The molecule has 0 saturated heterocycles. The number of alkyl halides is 3. The van der Waals surface area contributed by atoms with Gasteiger partial charge in [-0.2, -0.15) is 28.4 Å². The van der Waals surface area contributed by atoms with E-state index in [0.717, 1.165) is 11.6 Å². The van der Waals surface area contributed by atoms with E-state index in [1.54, 1.807) is 35.9 Å². The highest BCUT2D eigenvalue weighted by Crippen LogP contribution is 2.38. The SMILES string of the molecule is Cc1nn(C)c2nc(Oc3ccc(C=NNc4nc(N)cs4)cc3)cc(C(F)(F)F)c12. The van der Waals surface area contributed by atoms with Crippen LogP contribution in [-0.2, 0) is 13.2 Å². The molecule has 0 amide bonds. The van der Waals surface area contributed by atoms with Crippen LogP contribution in [0, 0.1) is 6.92 Å². The molecule has 1 aromatic carbocycles. The van der Waals surface area contributed by atoms with Gasteiger partial charge in [-0.25, -0.2) is 4.98 Å². The van der Waals surface area contributed by atoms with Crippen LogP contribution in [0.3, 0.4) is 0 Å². The summed E-state index contributed by atoms with van der Waals surface area (Å²) in [6.45, 7) is 1.51. The molecule has 8 nitrogen and oxygen atoms in total. The summed E-state index contributed by atoms with van der Waals surface area (Å²) in [5.41, 5.74) is 8.54. The Kier molecular flexibility index (Phi) is 5.23. The number of pyridine rings is 1. The number of nitrogens with zero attached hydrogens (tertiary/aromatic N) is 5. The van der Waals surface area contributed by atoms with Crippen LogP contribution in [0.4, 0.5) is 24.1 Å². The van der Waals surface area contributed by atoms with E-state index in [9.17, 15) is 13.2 Å². The van der Waals surface area contributed by atoms with Crippen LogP contribution >= 0.6 is 11.3 Å².